The summed E-state index contributed by atoms with van der Waals surface area (Å²) in [6, 6.07) is 1.90. The Labute approximate surface area is 86.7 Å². The predicted molar refractivity (Wildman–Crippen MR) is 57.6 cm³/mol. The van der Waals surface area contributed by atoms with Gasteiger partial charge in [0.15, 0.2) is 0 Å². The van der Waals surface area contributed by atoms with Crippen molar-refractivity contribution in [1.29, 1.82) is 0 Å². The highest BCUT2D eigenvalue weighted by molar-refractivity contribution is 9.10. The zero-order valence-corrected chi connectivity index (χ0v) is 9.05. The minimum atomic E-state index is 0.591. The normalized spacial score (nSPS) is 17.9. The van der Waals surface area contributed by atoms with Gasteiger partial charge in [0.25, 0.3) is 0 Å². The minimum Gasteiger partial charge on any atom is -0.384 e. The maximum Gasteiger partial charge on any atom is 0.124 e. The second kappa shape index (κ2) is 3.66. The van der Waals surface area contributed by atoms with Crippen molar-refractivity contribution >= 4 is 21.7 Å². The second-order valence-corrected chi connectivity index (χ2v) is 4.47. The third-order valence-electron chi connectivity index (χ3n) is 2.70. The Balaban J connectivity index is 2.29. The molecule has 1 aromatic heterocycles. The van der Waals surface area contributed by atoms with Crippen molar-refractivity contribution in [3.8, 4) is 0 Å². The molecule has 0 amide bonds. The van der Waals surface area contributed by atoms with E-state index in [0.717, 1.165) is 4.47 Å². The van der Waals surface area contributed by atoms with Crippen LogP contribution in [0.25, 0.3) is 0 Å². The van der Waals surface area contributed by atoms with Gasteiger partial charge in [-0.1, -0.05) is 28.8 Å². The molecule has 2 nitrogen and oxygen atoms in total. The van der Waals surface area contributed by atoms with Crippen molar-refractivity contribution in [2.45, 2.75) is 31.6 Å². The molecule has 1 aliphatic carbocycles. The number of hydrogen-bond donors (Lipinski definition) is 1. The first kappa shape index (κ1) is 9.00. The average molecular weight is 241 g/mol. The van der Waals surface area contributed by atoms with Crippen LogP contribution >= 0.6 is 15.9 Å². The fourth-order valence-electron chi connectivity index (χ4n) is 1.99. The van der Waals surface area contributed by atoms with E-state index in [1.54, 1.807) is 0 Å². The van der Waals surface area contributed by atoms with E-state index >= 15 is 0 Å². The molecule has 0 bridgehead atoms. The van der Waals surface area contributed by atoms with Gasteiger partial charge in [0, 0.05) is 10.7 Å². The number of nitrogen functional groups attached to an aromatic ring is 1. The number of rotatable bonds is 1. The van der Waals surface area contributed by atoms with Gasteiger partial charge in [0.05, 0.1) is 0 Å². The number of nitrogens with zero attached hydrogens (tertiary/aromatic N) is 1. The molecule has 1 saturated carbocycles. The number of pyridine rings is 1. The smallest absolute Gasteiger partial charge is 0.124 e. The van der Waals surface area contributed by atoms with Crippen LogP contribution in [0.1, 0.15) is 37.2 Å². The van der Waals surface area contributed by atoms with Crippen molar-refractivity contribution in [3.05, 3.63) is 22.3 Å². The number of hydrogen-bond acceptors (Lipinski definition) is 2. The molecule has 0 aromatic carbocycles. The van der Waals surface area contributed by atoms with E-state index in [0.29, 0.717) is 11.7 Å². The Morgan fingerprint density at radius 2 is 2.08 bits per heavy atom. The largest absolute Gasteiger partial charge is 0.384 e. The molecular weight excluding hydrogens is 228 g/mol. The molecule has 0 radical (unpaired) electrons. The van der Waals surface area contributed by atoms with Crippen LogP contribution in [0.4, 0.5) is 5.82 Å². The Kier molecular flexibility index (Phi) is 2.54. The van der Waals surface area contributed by atoms with Gasteiger partial charge in [-0.25, -0.2) is 4.98 Å². The summed E-state index contributed by atoms with van der Waals surface area (Å²) in [6.45, 7) is 0. The second-order valence-electron chi connectivity index (χ2n) is 3.61. The van der Waals surface area contributed by atoms with Gasteiger partial charge >= 0.3 is 0 Å². The van der Waals surface area contributed by atoms with E-state index < -0.39 is 0 Å². The minimum absolute atomic E-state index is 0.591. The SMILES string of the molecule is Nc1cc(Br)c(C2CCCC2)cn1. The summed E-state index contributed by atoms with van der Waals surface area (Å²) in [7, 11) is 0. The molecule has 0 spiro atoms. The fraction of sp³-hybridized carbons (Fsp3) is 0.500. The third kappa shape index (κ3) is 1.85. The zero-order valence-electron chi connectivity index (χ0n) is 7.46. The molecule has 3 heteroatoms. The van der Waals surface area contributed by atoms with E-state index in [-0.39, 0.29) is 0 Å². The molecule has 0 atom stereocenters. The molecule has 1 fully saturated rings. The van der Waals surface area contributed by atoms with Crippen molar-refractivity contribution in [3.63, 3.8) is 0 Å². The summed E-state index contributed by atoms with van der Waals surface area (Å²) in [4.78, 5) is 4.13. The maximum absolute atomic E-state index is 5.59. The number of nitrogens with two attached hydrogens (primary N) is 1. The first-order valence-corrected chi connectivity index (χ1v) is 5.47. The Hall–Kier alpha value is -0.570. The molecule has 2 rings (SSSR count). The van der Waals surface area contributed by atoms with Crippen LogP contribution in [-0.4, -0.2) is 4.98 Å². The monoisotopic (exact) mass is 240 g/mol. The van der Waals surface area contributed by atoms with E-state index in [1.165, 1.54) is 31.2 Å². The molecule has 1 heterocycles. The molecule has 1 aliphatic rings. The first-order valence-electron chi connectivity index (χ1n) is 4.68. The molecule has 13 heavy (non-hydrogen) atoms. The van der Waals surface area contributed by atoms with Gasteiger partial charge in [0.1, 0.15) is 5.82 Å². The lowest BCUT2D eigenvalue weighted by Gasteiger charge is -2.11. The first-order chi connectivity index (χ1) is 6.27. The number of anilines is 1. The summed E-state index contributed by atoms with van der Waals surface area (Å²) in [5, 5.41) is 0. The standard InChI is InChI=1S/C10H13BrN2/c11-9-5-10(12)13-6-8(9)7-3-1-2-4-7/h5-7H,1-4H2,(H2,12,13). The maximum atomic E-state index is 5.59. The lowest BCUT2D eigenvalue weighted by Crippen LogP contribution is -1.97. The van der Waals surface area contributed by atoms with Gasteiger partial charge < -0.3 is 5.73 Å². The topological polar surface area (TPSA) is 38.9 Å². The summed E-state index contributed by atoms with van der Waals surface area (Å²) >= 11 is 3.54. The van der Waals surface area contributed by atoms with Crippen molar-refractivity contribution < 1.29 is 0 Å². The number of aromatic nitrogens is 1. The van der Waals surface area contributed by atoms with Crippen LogP contribution < -0.4 is 5.73 Å². The van der Waals surface area contributed by atoms with Gasteiger partial charge in [-0.15, -0.1) is 0 Å². The molecule has 0 aliphatic heterocycles. The quantitative estimate of drug-likeness (QED) is 0.820. The van der Waals surface area contributed by atoms with Crippen molar-refractivity contribution in [2.24, 2.45) is 0 Å². The van der Waals surface area contributed by atoms with Crippen molar-refractivity contribution in [1.82, 2.24) is 4.98 Å². The Bertz CT molecular complexity index is 306. The Morgan fingerprint density at radius 3 is 2.69 bits per heavy atom. The van der Waals surface area contributed by atoms with Gasteiger partial charge in [0.2, 0.25) is 0 Å². The molecule has 0 saturated heterocycles. The van der Waals surface area contributed by atoms with E-state index in [1.807, 2.05) is 12.3 Å². The Morgan fingerprint density at radius 1 is 1.38 bits per heavy atom. The highest BCUT2D eigenvalue weighted by atomic mass is 79.9. The van der Waals surface area contributed by atoms with E-state index in [2.05, 4.69) is 20.9 Å². The van der Waals surface area contributed by atoms with Crippen LogP contribution in [0, 0.1) is 0 Å². The van der Waals surface area contributed by atoms with E-state index in [9.17, 15) is 0 Å². The molecular formula is C10H13BrN2. The average Bonchev–Trinajstić information content (AvgIpc) is 2.56. The molecule has 0 unspecified atom stereocenters. The molecule has 70 valence electrons. The lowest BCUT2D eigenvalue weighted by molar-refractivity contribution is 0.716. The van der Waals surface area contributed by atoms with Crippen LogP contribution in [0.2, 0.25) is 0 Å². The number of halogens is 1. The molecule has 2 N–H and O–H groups in total. The lowest BCUT2D eigenvalue weighted by atomic mass is 10.00. The summed E-state index contributed by atoms with van der Waals surface area (Å²) in [5.41, 5.74) is 6.91. The summed E-state index contributed by atoms with van der Waals surface area (Å²) in [5.74, 6) is 1.29. The van der Waals surface area contributed by atoms with Gasteiger partial charge in [-0.05, 0) is 30.4 Å². The van der Waals surface area contributed by atoms with Gasteiger partial charge in [-0.3, -0.25) is 0 Å². The fourth-order valence-corrected chi connectivity index (χ4v) is 2.65. The predicted octanol–water partition coefficient (Wildman–Crippen LogP) is 3.08. The molecule has 1 aromatic rings. The highest BCUT2D eigenvalue weighted by Crippen LogP contribution is 2.37. The van der Waals surface area contributed by atoms with Crippen LogP contribution in [0.15, 0.2) is 16.7 Å². The van der Waals surface area contributed by atoms with Crippen LogP contribution in [0.3, 0.4) is 0 Å². The summed E-state index contributed by atoms with van der Waals surface area (Å²) in [6.07, 6.45) is 7.20. The van der Waals surface area contributed by atoms with Crippen molar-refractivity contribution in [2.75, 3.05) is 5.73 Å². The van der Waals surface area contributed by atoms with Crippen LogP contribution in [0.5, 0.6) is 0 Å². The summed E-state index contributed by atoms with van der Waals surface area (Å²) < 4.78 is 1.12. The third-order valence-corrected chi connectivity index (χ3v) is 3.38. The zero-order chi connectivity index (χ0) is 9.26. The highest BCUT2D eigenvalue weighted by Gasteiger charge is 2.19. The van der Waals surface area contributed by atoms with Gasteiger partial charge in [-0.2, -0.15) is 0 Å². The van der Waals surface area contributed by atoms with Crippen LogP contribution in [-0.2, 0) is 0 Å². The van der Waals surface area contributed by atoms with E-state index in [4.69, 9.17) is 5.73 Å².